The number of alkyl halides is 3. The zero-order valence-corrected chi connectivity index (χ0v) is 16.1. The Morgan fingerprint density at radius 3 is 2.03 bits per heavy atom. The minimum atomic E-state index is -4.81. The predicted molar refractivity (Wildman–Crippen MR) is 106 cm³/mol. The summed E-state index contributed by atoms with van der Waals surface area (Å²) in [5.74, 6) is -1.29. The first-order valence-corrected chi connectivity index (χ1v) is 9.51. The van der Waals surface area contributed by atoms with E-state index >= 15 is 0 Å². The lowest BCUT2D eigenvalue weighted by Crippen LogP contribution is -2.44. The van der Waals surface area contributed by atoms with E-state index in [2.05, 4.69) is 26.2 Å². The smallest absolute Gasteiger partial charge is 0.406 e. The Balaban J connectivity index is 1.63. The fourth-order valence-corrected chi connectivity index (χ4v) is 2.64. The van der Waals surface area contributed by atoms with Crippen molar-refractivity contribution in [2.75, 3.05) is 22.1 Å². The van der Waals surface area contributed by atoms with Gasteiger partial charge in [0.15, 0.2) is 0 Å². The van der Waals surface area contributed by atoms with Crippen LogP contribution in [0.1, 0.15) is 0 Å². The minimum absolute atomic E-state index is 0.0425. The number of rotatable bonds is 7. The average Bonchev–Trinajstić information content (AvgIpc) is 2.67. The van der Waals surface area contributed by atoms with Gasteiger partial charge < -0.3 is 15.4 Å². The maximum Gasteiger partial charge on any atom is 0.573 e. The van der Waals surface area contributed by atoms with Gasteiger partial charge in [-0.3, -0.25) is 15.0 Å². The van der Waals surface area contributed by atoms with Crippen molar-refractivity contribution in [1.29, 1.82) is 0 Å². The number of anilines is 2. The molecule has 0 spiro atoms. The van der Waals surface area contributed by atoms with Crippen LogP contribution in [0.4, 0.5) is 29.3 Å². The Labute approximate surface area is 173 Å². The molecule has 30 heavy (non-hydrogen) atoms. The van der Waals surface area contributed by atoms with Crippen LogP contribution in [0.3, 0.4) is 0 Å². The van der Waals surface area contributed by atoms with Crippen LogP contribution in [0.2, 0.25) is 0 Å². The summed E-state index contributed by atoms with van der Waals surface area (Å²) in [5.41, 5.74) is 5.05. The average molecular weight is 442 g/mol. The zero-order chi connectivity index (χ0) is 22.0. The van der Waals surface area contributed by atoms with E-state index in [4.69, 9.17) is 0 Å². The van der Waals surface area contributed by atoms with E-state index in [9.17, 15) is 27.6 Å². The Morgan fingerprint density at radius 2 is 1.40 bits per heavy atom. The maximum absolute atomic E-state index is 12.1. The largest absolute Gasteiger partial charge is 0.573 e. The third-order valence-corrected chi connectivity index (χ3v) is 4.12. The number of hydrogen-bond donors (Lipinski definition) is 4. The number of hydrogen-bond acceptors (Lipinski definition) is 5. The summed E-state index contributed by atoms with van der Waals surface area (Å²) < 4.78 is 40.0. The van der Waals surface area contributed by atoms with Crippen LogP contribution in [0.25, 0.3) is 0 Å². The molecular formula is C18H17F3N4O4S. The zero-order valence-electron chi connectivity index (χ0n) is 15.3. The first-order chi connectivity index (χ1) is 14.2. The molecule has 0 aliphatic carbocycles. The fourth-order valence-electron chi connectivity index (χ4n) is 2.02. The third-order valence-electron chi connectivity index (χ3n) is 3.19. The SMILES string of the molecule is O=C(CSCC(=O)Nc1ccccc1)NNC(=O)Nc1ccc(OC(F)(F)F)cc1. The van der Waals surface area contributed by atoms with Gasteiger partial charge >= 0.3 is 12.4 Å². The Hall–Kier alpha value is -3.41. The summed E-state index contributed by atoms with van der Waals surface area (Å²) >= 11 is 1.05. The molecule has 0 fully saturated rings. The molecule has 160 valence electrons. The van der Waals surface area contributed by atoms with Gasteiger partial charge in [-0.1, -0.05) is 18.2 Å². The van der Waals surface area contributed by atoms with Gasteiger partial charge in [0, 0.05) is 11.4 Å². The molecule has 12 heteroatoms. The van der Waals surface area contributed by atoms with Crippen molar-refractivity contribution in [1.82, 2.24) is 10.9 Å². The molecule has 0 aliphatic rings. The van der Waals surface area contributed by atoms with Crippen LogP contribution < -0.4 is 26.2 Å². The van der Waals surface area contributed by atoms with E-state index in [0.29, 0.717) is 5.69 Å². The van der Waals surface area contributed by atoms with Crippen molar-refractivity contribution in [3.05, 3.63) is 54.6 Å². The molecule has 0 aromatic heterocycles. The molecule has 0 saturated carbocycles. The van der Waals surface area contributed by atoms with Crippen molar-refractivity contribution < 1.29 is 32.3 Å². The molecule has 0 unspecified atom stereocenters. The van der Waals surface area contributed by atoms with Crippen LogP contribution in [0.15, 0.2) is 54.6 Å². The summed E-state index contributed by atoms with van der Waals surface area (Å²) in [6.45, 7) is 0. The first-order valence-electron chi connectivity index (χ1n) is 8.35. The van der Waals surface area contributed by atoms with E-state index in [1.54, 1.807) is 24.3 Å². The lowest BCUT2D eigenvalue weighted by atomic mass is 10.3. The van der Waals surface area contributed by atoms with Gasteiger partial charge in [0.2, 0.25) is 11.8 Å². The fraction of sp³-hybridized carbons (Fsp3) is 0.167. The summed E-state index contributed by atoms with van der Waals surface area (Å²) in [6.07, 6.45) is -4.81. The number of para-hydroxylation sites is 1. The van der Waals surface area contributed by atoms with Gasteiger partial charge in [-0.2, -0.15) is 0 Å². The summed E-state index contributed by atoms with van der Waals surface area (Å²) in [5, 5.41) is 4.98. The highest BCUT2D eigenvalue weighted by Crippen LogP contribution is 2.23. The quantitative estimate of drug-likeness (QED) is 0.493. The molecule has 0 atom stereocenters. The van der Waals surface area contributed by atoms with Gasteiger partial charge in [-0.25, -0.2) is 10.2 Å². The molecule has 0 saturated heterocycles. The molecule has 8 nitrogen and oxygen atoms in total. The van der Waals surface area contributed by atoms with Gasteiger partial charge in [0.1, 0.15) is 5.75 Å². The predicted octanol–water partition coefficient (Wildman–Crippen LogP) is 3.11. The van der Waals surface area contributed by atoms with Crippen LogP contribution in [-0.4, -0.2) is 35.7 Å². The highest BCUT2D eigenvalue weighted by Gasteiger charge is 2.30. The standard InChI is InChI=1S/C18H17F3N4O4S/c19-18(20,21)29-14-8-6-13(7-9-14)23-17(28)25-24-16(27)11-30-10-15(26)22-12-4-2-1-3-5-12/h1-9H,10-11H2,(H,22,26)(H,24,27)(H2,23,25,28). The van der Waals surface area contributed by atoms with Crippen LogP contribution >= 0.6 is 11.8 Å². The van der Waals surface area contributed by atoms with E-state index in [0.717, 1.165) is 23.9 Å². The van der Waals surface area contributed by atoms with Crippen LogP contribution in [-0.2, 0) is 9.59 Å². The normalized spacial score (nSPS) is 10.6. The van der Waals surface area contributed by atoms with E-state index in [1.165, 1.54) is 12.1 Å². The van der Waals surface area contributed by atoms with Crippen molar-refractivity contribution in [2.45, 2.75) is 6.36 Å². The second-order valence-electron chi connectivity index (χ2n) is 5.61. The van der Waals surface area contributed by atoms with E-state index in [-0.39, 0.29) is 23.1 Å². The lowest BCUT2D eigenvalue weighted by Gasteiger charge is -2.11. The monoisotopic (exact) mass is 442 g/mol. The van der Waals surface area contributed by atoms with Gasteiger partial charge in [0.25, 0.3) is 0 Å². The van der Waals surface area contributed by atoms with Crippen molar-refractivity contribution >= 4 is 41.0 Å². The second kappa shape index (κ2) is 11.0. The number of amides is 4. The number of urea groups is 1. The van der Waals surface area contributed by atoms with Gasteiger partial charge in [-0.15, -0.1) is 24.9 Å². The molecule has 2 aromatic rings. The Kier molecular flexibility index (Phi) is 8.35. The number of thioether (sulfide) groups is 1. The minimum Gasteiger partial charge on any atom is -0.406 e. The van der Waals surface area contributed by atoms with Crippen molar-refractivity contribution in [3.8, 4) is 5.75 Å². The van der Waals surface area contributed by atoms with Gasteiger partial charge in [-0.05, 0) is 36.4 Å². The first kappa shape index (κ1) is 22.9. The van der Waals surface area contributed by atoms with Gasteiger partial charge in [0.05, 0.1) is 11.5 Å². The molecule has 4 amide bonds. The molecular weight excluding hydrogens is 425 g/mol. The topological polar surface area (TPSA) is 109 Å². The van der Waals surface area contributed by atoms with Crippen LogP contribution in [0, 0.1) is 0 Å². The third kappa shape index (κ3) is 9.19. The van der Waals surface area contributed by atoms with E-state index in [1.807, 2.05) is 6.07 Å². The van der Waals surface area contributed by atoms with Crippen molar-refractivity contribution in [3.63, 3.8) is 0 Å². The summed E-state index contributed by atoms with van der Waals surface area (Å²) in [7, 11) is 0. The number of carbonyl (C=O) groups is 3. The highest BCUT2D eigenvalue weighted by molar-refractivity contribution is 8.00. The number of carbonyl (C=O) groups excluding carboxylic acids is 3. The maximum atomic E-state index is 12.1. The Bertz CT molecular complexity index is 864. The number of nitrogens with one attached hydrogen (secondary N) is 4. The van der Waals surface area contributed by atoms with E-state index < -0.39 is 24.1 Å². The molecule has 0 heterocycles. The lowest BCUT2D eigenvalue weighted by molar-refractivity contribution is -0.274. The second-order valence-corrected chi connectivity index (χ2v) is 6.59. The summed E-state index contributed by atoms with van der Waals surface area (Å²) in [6, 6.07) is 12.5. The van der Waals surface area contributed by atoms with Crippen molar-refractivity contribution in [2.24, 2.45) is 0 Å². The van der Waals surface area contributed by atoms with Crippen LogP contribution in [0.5, 0.6) is 5.75 Å². The highest BCUT2D eigenvalue weighted by atomic mass is 32.2. The molecule has 0 radical (unpaired) electrons. The molecule has 2 rings (SSSR count). The number of ether oxygens (including phenoxy) is 1. The molecule has 4 N–H and O–H groups in total. The molecule has 2 aromatic carbocycles. The number of benzene rings is 2. The molecule has 0 aliphatic heterocycles. The number of halogens is 3. The molecule has 0 bridgehead atoms. The number of hydrazine groups is 1. The Morgan fingerprint density at radius 1 is 0.800 bits per heavy atom. The summed E-state index contributed by atoms with van der Waals surface area (Å²) in [4.78, 5) is 35.1.